The predicted molar refractivity (Wildman–Crippen MR) is 130 cm³/mol. The van der Waals surface area contributed by atoms with E-state index in [-0.39, 0.29) is 36.9 Å². The lowest BCUT2D eigenvalue weighted by Gasteiger charge is -2.25. The molecule has 0 N–H and O–H groups in total. The predicted octanol–water partition coefficient (Wildman–Crippen LogP) is 3.25. The first-order valence-electron chi connectivity index (χ1n) is 11.9. The minimum absolute atomic E-state index is 0.0422. The lowest BCUT2D eigenvalue weighted by Crippen LogP contribution is -2.40. The molecule has 8 heteroatoms. The standard InChI is InChI=1S/C27H32N2O6/c1-28(2)13-14-34-25-12-7-18(15-26(25)33-3)17-35-24-6-4-5-20-21(24)16-29(27(20)32)22-10-8-19(30)9-11-23(22)31/h4-7,12,15,22H,8-11,13-14,16-17H2,1-3H3. The summed E-state index contributed by atoms with van der Waals surface area (Å²) < 4.78 is 17.4. The van der Waals surface area contributed by atoms with Gasteiger partial charge in [0, 0.05) is 36.9 Å². The maximum atomic E-state index is 13.1. The highest BCUT2D eigenvalue weighted by Gasteiger charge is 2.38. The van der Waals surface area contributed by atoms with E-state index in [0.717, 1.165) is 17.7 Å². The normalized spacial score (nSPS) is 18.0. The van der Waals surface area contributed by atoms with Crippen LogP contribution in [0.15, 0.2) is 36.4 Å². The number of benzene rings is 2. The number of hydrogen-bond acceptors (Lipinski definition) is 7. The number of hydrogen-bond donors (Lipinski definition) is 0. The molecule has 1 unspecified atom stereocenters. The first kappa shape index (κ1) is 24.7. The molecule has 0 spiro atoms. The summed E-state index contributed by atoms with van der Waals surface area (Å²) in [5, 5.41) is 0. The molecule has 1 saturated carbocycles. The summed E-state index contributed by atoms with van der Waals surface area (Å²) in [4.78, 5) is 41.2. The van der Waals surface area contributed by atoms with Crippen LogP contribution in [0.25, 0.3) is 0 Å². The third kappa shape index (κ3) is 5.65. The zero-order valence-corrected chi connectivity index (χ0v) is 20.5. The van der Waals surface area contributed by atoms with E-state index in [0.29, 0.717) is 48.8 Å². The third-order valence-electron chi connectivity index (χ3n) is 6.47. The van der Waals surface area contributed by atoms with E-state index in [1.54, 1.807) is 24.1 Å². The molecule has 8 nitrogen and oxygen atoms in total. The molecule has 1 aliphatic carbocycles. The molecule has 35 heavy (non-hydrogen) atoms. The highest BCUT2D eigenvalue weighted by Crippen LogP contribution is 2.35. The number of ether oxygens (including phenoxy) is 3. The summed E-state index contributed by atoms with van der Waals surface area (Å²) in [6.45, 7) is 1.94. The monoisotopic (exact) mass is 480 g/mol. The largest absolute Gasteiger partial charge is 0.493 e. The lowest BCUT2D eigenvalue weighted by molar-refractivity contribution is -0.124. The van der Waals surface area contributed by atoms with Gasteiger partial charge in [-0.15, -0.1) is 0 Å². The quantitative estimate of drug-likeness (QED) is 0.510. The summed E-state index contributed by atoms with van der Waals surface area (Å²) in [7, 11) is 5.58. The van der Waals surface area contributed by atoms with Crippen molar-refractivity contribution in [1.82, 2.24) is 9.80 Å². The van der Waals surface area contributed by atoms with Crippen LogP contribution in [0.1, 0.15) is 47.2 Å². The number of Topliss-reactive ketones (excluding diaryl/α,β-unsaturated/α-hetero) is 2. The molecule has 1 heterocycles. The Balaban J connectivity index is 1.45. The Hall–Kier alpha value is -3.39. The minimum Gasteiger partial charge on any atom is -0.493 e. The maximum Gasteiger partial charge on any atom is 0.255 e. The Bertz CT molecular complexity index is 1110. The van der Waals surface area contributed by atoms with Gasteiger partial charge in [-0.05, 0) is 50.3 Å². The molecule has 2 aromatic carbocycles. The number of amides is 1. The zero-order chi connectivity index (χ0) is 24.9. The fourth-order valence-corrected chi connectivity index (χ4v) is 4.48. The van der Waals surface area contributed by atoms with Crippen molar-refractivity contribution in [3.63, 3.8) is 0 Å². The topological polar surface area (TPSA) is 85.4 Å². The van der Waals surface area contributed by atoms with E-state index in [1.165, 1.54) is 0 Å². The molecular formula is C27H32N2O6. The zero-order valence-electron chi connectivity index (χ0n) is 20.5. The van der Waals surface area contributed by atoms with Gasteiger partial charge in [0.05, 0.1) is 19.7 Å². The second kappa shape index (κ2) is 10.9. The minimum atomic E-state index is -0.557. The van der Waals surface area contributed by atoms with Crippen molar-refractivity contribution in [3.8, 4) is 17.2 Å². The molecule has 186 valence electrons. The number of ketones is 2. The molecule has 0 saturated heterocycles. The van der Waals surface area contributed by atoms with Crippen LogP contribution in [0.2, 0.25) is 0 Å². The second-order valence-electron chi connectivity index (χ2n) is 9.20. The first-order chi connectivity index (χ1) is 16.9. The summed E-state index contributed by atoms with van der Waals surface area (Å²) in [5.41, 5.74) is 2.22. The molecule has 2 aliphatic rings. The van der Waals surface area contributed by atoms with Gasteiger partial charge < -0.3 is 24.0 Å². The van der Waals surface area contributed by atoms with Crippen molar-refractivity contribution < 1.29 is 28.6 Å². The molecule has 2 aromatic rings. The van der Waals surface area contributed by atoms with E-state index >= 15 is 0 Å². The van der Waals surface area contributed by atoms with Crippen LogP contribution < -0.4 is 14.2 Å². The van der Waals surface area contributed by atoms with Gasteiger partial charge in [-0.2, -0.15) is 0 Å². The summed E-state index contributed by atoms with van der Waals surface area (Å²) in [6, 6.07) is 10.5. The SMILES string of the molecule is COc1cc(COc2cccc3c2CN(C2CCC(=O)CCC2=O)C3=O)ccc1OCCN(C)C. The Labute approximate surface area is 205 Å². The van der Waals surface area contributed by atoms with Crippen molar-refractivity contribution in [2.24, 2.45) is 0 Å². The highest BCUT2D eigenvalue weighted by molar-refractivity contribution is 6.02. The van der Waals surface area contributed by atoms with E-state index in [4.69, 9.17) is 14.2 Å². The van der Waals surface area contributed by atoms with Crippen LogP contribution in [0.3, 0.4) is 0 Å². The van der Waals surface area contributed by atoms with Crippen LogP contribution in [0.5, 0.6) is 17.2 Å². The average molecular weight is 481 g/mol. The lowest BCUT2D eigenvalue weighted by atomic mass is 10.1. The summed E-state index contributed by atoms with van der Waals surface area (Å²) in [5.74, 6) is 1.77. The number of carbonyl (C=O) groups excluding carboxylic acids is 3. The van der Waals surface area contributed by atoms with Crippen molar-refractivity contribution in [2.45, 2.75) is 44.9 Å². The third-order valence-corrected chi connectivity index (χ3v) is 6.47. The molecule has 0 aromatic heterocycles. The Morgan fingerprint density at radius 3 is 2.57 bits per heavy atom. The number of methoxy groups -OCH3 is 1. The van der Waals surface area contributed by atoms with Crippen molar-refractivity contribution in [2.75, 3.05) is 34.4 Å². The average Bonchev–Trinajstić information content (AvgIpc) is 3.08. The fraction of sp³-hybridized carbons (Fsp3) is 0.444. The molecule has 1 atom stereocenters. The molecular weight excluding hydrogens is 448 g/mol. The van der Waals surface area contributed by atoms with Crippen LogP contribution >= 0.6 is 0 Å². The highest BCUT2D eigenvalue weighted by atomic mass is 16.5. The van der Waals surface area contributed by atoms with Gasteiger partial charge in [0.25, 0.3) is 5.91 Å². The van der Waals surface area contributed by atoms with Gasteiger partial charge in [0.1, 0.15) is 24.7 Å². The van der Waals surface area contributed by atoms with Gasteiger partial charge in [0.2, 0.25) is 0 Å². The number of nitrogens with zero attached hydrogens (tertiary/aromatic N) is 2. The van der Waals surface area contributed by atoms with Gasteiger partial charge >= 0.3 is 0 Å². The van der Waals surface area contributed by atoms with E-state index in [2.05, 4.69) is 0 Å². The summed E-state index contributed by atoms with van der Waals surface area (Å²) in [6.07, 6.45) is 1.18. The van der Waals surface area contributed by atoms with Crippen LogP contribution in [-0.2, 0) is 22.7 Å². The van der Waals surface area contributed by atoms with E-state index in [9.17, 15) is 14.4 Å². The summed E-state index contributed by atoms with van der Waals surface area (Å²) >= 11 is 0. The molecule has 1 aliphatic heterocycles. The van der Waals surface area contributed by atoms with Crippen molar-refractivity contribution in [3.05, 3.63) is 53.1 Å². The molecule has 1 amide bonds. The van der Waals surface area contributed by atoms with Crippen molar-refractivity contribution >= 4 is 17.5 Å². The van der Waals surface area contributed by atoms with E-state index in [1.807, 2.05) is 43.3 Å². The Morgan fingerprint density at radius 2 is 1.80 bits per heavy atom. The van der Waals surface area contributed by atoms with Crippen LogP contribution in [0, 0.1) is 0 Å². The van der Waals surface area contributed by atoms with Crippen LogP contribution in [-0.4, -0.2) is 67.7 Å². The molecule has 4 rings (SSSR count). The number of likely N-dealkylation sites (N-methyl/N-ethyl adjacent to an activating group) is 1. The van der Waals surface area contributed by atoms with Gasteiger partial charge in [-0.25, -0.2) is 0 Å². The molecule has 0 radical (unpaired) electrons. The van der Waals surface area contributed by atoms with E-state index < -0.39 is 6.04 Å². The van der Waals surface area contributed by atoms with Crippen LogP contribution in [0.4, 0.5) is 0 Å². The number of carbonyl (C=O) groups is 3. The smallest absolute Gasteiger partial charge is 0.255 e. The maximum absolute atomic E-state index is 13.1. The number of fused-ring (bicyclic) bond motifs is 1. The van der Waals surface area contributed by atoms with Crippen molar-refractivity contribution in [1.29, 1.82) is 0 Å². The van der Waals surface area contributed by atoms with Gasteiger partial charge in [-0.1, -0.05) is 12.1 Å². The Kier molecular flexibility index (Phi) is 7.70. The van der Waals surface area contributed by atoms with Gasteiger partial charge in [-0.3, -0.25) is 14.4 Å². The number of rotatable bonds is 9. The first-order valence-corrected chi connectivity index (χ1v) is 11.9. The van der Waals surface area contributed by atoms with Gasteiger partial charge in [0.15, 0.2) is 17.3 Å². The fourth-order valence-electron chi connectivity index (χ4n) is 4.48. The second-order valence-corrected chi connectivity index (χ2v) is 9.20. The molecule has 0 bridgehead atoms. The Morgan fingerprint density at radius 1 is 0.971 bits per heavy atom. The molecule has 1 fully saturated rings.